The molecule has 2 saturated heterocycles. The number of rotatable bonds is 3. The van der Waals surface area contributed by atoms with Crippen LogP contribution in [0.15, 0.2) is 34.9 Å². The number of benzene rings is 2. The zero-order valence-corrected chi connectivity index (χ0v) is 17.7. The standard InChI is InChI=1S/C24H25N3O4/c1-14(2)25-17-13-18(27-9-7-24(8-10-27)29-11-12-30-24)21-20-19(17)22(28)15-5-3-4-6-16(15)23(20)31-26-21/h3-6,13-14,25H,7-12H2,1-2H3. The summed E-state index contributed by atoms with van der Waals surface area (Å²) in [6, 6.07) is 9.83. The molecule has 160 valence electrons. The first-order chi connectivity index (χ1) is 15.1. The van der Waals surface area contributed by atoms with E-state index in [0.29, 0.717) is 30.1 Å². The molecule has 0 radical (unpaired) electrons. The molecule has 1 aromatic heterocycles. The van der Waals surface area contributed by atoms with Gasteiger partial charge in [-0.05, 0) is 19.9 Å². The normalized spacial score (nSPS) is 19.5. The molecule has 0 saturated carbocycles. The molecule has 2 fully saturated rings. The summed E-state index contributed by atoms with van der Waals surface area (Å²) < 4.78 is 17.6. The number of carbonyl (C=O) groups excluding carboxylic acids is 1. The SMILES string of the molecule is CC(C)Nc1cc(N2CCC3(CC2)OCCO3)c2noc3c2c1C(=O)c1ccccc1-3. The third-order valence-corrected chi connectivity index (χ3v) is 6.50. The summed E-state index contributed by atoms with van der Waals surface area (Å²) in [7, 11) is 0. The number of piperidine rings is 1. The Hall–Kier alpha value is -2.90. The largest absolute Gasteiger partial charge is 0.382 e. The van der Waals surface area contributed by atoms with E-state index in [1.54, 1.807) is 0 Å². The van der Waals surface area contributed by atoms with Crippen LogP contribution in [0.2, 0.25) is 0 Å². The van der Waals surface area contributed by atoms with E-state index >= 15 is 0 Å². The number of nitrogens with zero attached hydrogens (tertiary/aromatic N) is 2. The van der Waals surface area contributed by atoms with Crippen LogP contribution in [0.5, 0.6) is 0 Å². The summed E-state index contributed by atoms with van der Waals surface area (Å²) >= 11 is 0. The minimum absolute atomic E-state index is 0.0105. The molecular formula is C24H25N3O4. The van der Waals surface area contributed by atoms with Gasteiger partial charge in [0, 0.05) is 48.8 Å². The van der Waals surface area contributed by atoms with Crippen LogP contribution in [0.4, 0.5) is 11.4 Å². The molecule has 6 rings (SSSR count). The molecule has 3 aromatic rings. The highest BCUT2D eigenvalue weighted by molar-refractivity contribution is 6.28. The van der Waals surface area contributed by atoms with Crippen molar-refractivity contribution in [2.45, 2.75) is 38.5 Å². The maximum atomic E-state index is 13.5. The van der Waals surface area contributed by atoms with Crippen LogP contribution in [0.1, 0.15) is 42.6 Å². The molecule has 1 N–H and O–H groups in total. The summed E-state index contributed by atoms with van der Waals surface area (Å²) in [5, 5.41) is 8.74. The molecule has 0 bridgehead atoms. The monoisotopic (exact) mass is 419 g/mol. The van der Waals surface area contributed by atoms with Gasteiger partial charge in [-0.2, -0.15) is 0 Å². The summed E-state index contributed by atoms with van der Waals surface area (Å²) in [5.41, 5.74) is 4.67. The summed E-state index contributed by atoms with van der Waals surface area (Å²) in [4.78, 5) is 15.8. The van der Waals surface area contributed by atoms with Crippen LogP contribution in [-0.4, -0.2) is 49.1 Å². The molecule has 2 aromatic carbocycles. The van der Waals surface area contributed by atoms with Crippen molar-refractivity contribution >= 4 is 28.1 Å². The summed E-state index contributed by atoms with van der Waals surface area (Å²) in [5.74, 6) is 0.241. The number of carbonyl (C=O) groups is 1. The molecule has 31 heavy (non-hydrogen) atoms. The Balaban J connectivity index is 1.50. The van der Waals surface area contributed by atoms with Crippen LogP contribution >= 0.6 is 0 Å². The third kappa shape index (κ3) is 2.80. The average molecular weight is 419 g/mol. The Morgan fingerprint density at radius 2 is 1.81 bits per heavy atom. The van der Waals surface area contributed by atoms with Crippen LogP contribution in [0, 0.1) is 0 Å². The van der Waals surface area contributed by atoms with Gasteiger partial charge < -0.3 is 24.2 Å². The average Bonchev–Trinajstić information content (AvgIpc) is 3.41. The van der Waals surface area contributed by atoms with Gasteiger partial charge in [-0.15, -0.1) is 0 Å². The maximum absolute atomic E-state index is 13.5. The number of ether oxygens (including phenoxy) is 2. The van der Waals surface area contributed by atoms with Crippen molar-refractivity contribution < 1.29 is 18.8 Å². The quantitative estimate of drug-likeness (QED) is 0.533. The van der Waals surface area contributed by atoms with Crippen molar-refractivity contribution in [3.63, 3.8) is 0 Å². The lowest BCUT2D eigenvalue weighted by Gasteiger charge is -2.39. The predicted molar refractivity (Wildman–Crippen MR) is 118 cm³/mol. The highest BCUT2D eigenvalue weighted by Gasteiger charge is 2.41. The number of ketones is 1. The number of hydrogen-bond donors (Lipinski definition) is 1. The van der Waals surface area contributed by atoms with E-state index in [1.165, 1.54) is 0 Å². The van der Waals surface area contributed by atoms with Gasteiger partial charge in [0.15, 0.2) is 17.3 Å². The fourth-order valence-electron chi connectivity index (χ4n) is 5.08. The van der Waals surface area contributed by atoms with Gasteiger partial charge in [-0.3, -0.25) is 4.79 Å². The Morgan fingerprint density at radius 1 is 1.10 bits per heavy atom. The molecule has 0 unspecified atom stereocenters. The summed E-state index contributed by atoms with van der Waals surface area (Å²) in [6.45, 7) is 7.06. The van der Waals surface area contributed by atoms with E-state index in [9.17, 15) is 4.79 Å². The maximum Gasteiger partial charge on any atom is 0.196 e. The second kappa shape index (κ2) is 6.80. The smallest absolute Gasteiger partial charge is 0.196 e. The fourth-order valence-corrected chi connectivity index (χ4v) is 5.08. The molecular weight excluding hydrogens is 394 g/mol. The highest BCUT2D eigenvalue weighted by Crippen LogP contribution is 2.46. The van der Waals surface area contributed by atoms with Crippen LogP contribution in [-0.2, 0) is 9.47 Å². The van der Waals surface area contributed by atoms with Gasteiger partial charge in [-0.25, -0.2) is 0 Å². The van der Waals surface area contributed by atoms with Crippen LogP contribution in [0.3, 0.4) is 0 Å². The second-order valence-corrected chi connectivity index (χ2v) is 8.82. The Kier molecular flexibility index (Phi) is 4.13. The van der Waals surface area contributed by atoms with E-state index < -0.39 is 5.79 Å². The molecule has 7 heteroatoms. The first-order valence-electron chi connectivity index (χ1n) is 11.0. The molecule has 3 aliphatic rings. The molecule has 3 heterocycles. The number of hydrogen-bond acceptors (Lipinski definition) is 7. The van der Waals surface area contributed by atoms with Crippen molar-refractivity contribution in [1.29, 1.82) is 0 Å². The lowest BCUT2D eigenvalue weighted by atomic mass is 9.86. The number of nitrogens with one attached hydrogen (secondary N) is 1. The minimum Gasteiger partial charge on any atom is -0.382 e. The number of anilines is 2. The zero-order valence-electron chi connectivity index (χ0n) is 17.7. The Labute approximate surface area is 180 Å². The highest BCUT2D eigenvalue weighted by atomic mass is 16.7. The third-order valence-electron chi connectivity index (χ3n) is 6.50. The van der Waals surface area contributed by atoms with Gasteiger partial charge in [0.05, 0.1) is 29.9 Å². The van der Waals surface area contributed by atoms with E-state index in [1.807, 2.05) is 24.3 Å². The van der Waals surface area contributed by atoms with E-state index in [4.69, 9.17) is 14.0 Å². The zero-order chi connectivity index (χ0) is 21.2. The predicted octanol–water partition coefficient (Wildman–Crippen LogP) is 4.20. The van der Waals surface area contributed by atoms with Crippen LogP contribution < -0.4 is 10.2 Å². The molecule has 2 aliphatic heterocycles. The molecule has 0 amide bonds. The van der Waals surface area contributed by atoms with Gasteiger partial charge in [0.25, 0.3) is 0 Å². The first-order valence-corrected chi connectivity index (χ1v) is 11.0. The minimum atomic E-state index is -0.441. The molecule has 0 atom stereocenters. The number of fused-ring (bicyclic) bond motifs is 2. The molecule has 7 nitrogen and oxygen atoms in total. The number of aromatic nitrogens is 1. The van der Waals surface area contributed by atoms with Gasteiger partial charge in [0.2, 0.25) is 0 Å². The lowest BCUT2D eigenvalue weighted by molar-refractivity contribution is -0.169. The van der Waals surface area contributed by atoms with Crippen molar-refractivity contribution in [3.05, 3.63) is 41.5 Å². The van der Waals surface area contributed by atoms with Gasteiger partial charge in [0.1, 0.15) is 5.52 Å². The van der Waals surface area contributed by atoms with Crippen molar-refractivity contribution in [3.8, 4) is 11.3 Å². The fraction of sp³-hybridized carbons (Fsp3) is 0.417. The van der Waals surface area contributed by atoms with Crippen molar-refractivity contribution in [1.82, 2.24) is 5.16 Å². The lowest BCUT2D eigenvalue weighted by Crippen LogP contribution is -2.45. The summed E-state index contributed by atoms with van der Waals surface area (Å²) in [6.07, 6.45) is 1.60. The van der Waals surface area contributed by atoms with Crippen LogP contribution in [0.25, 0.3) is 22.2 Å². The molecule has 1 spiro atoms. The van der Waals surface area contributed by atoms with Crippen molar-refractivity contribution in [2.24, 2.45) is 0 Å². The van der Waals surface area contributed by atoms with Gasteiger partial charge >= 0.3 is 0 Å². The first kappa shape index (κ1) is 18.8. The van der Waals surface area contributed by atoms with E-state index in [0.717, 1.165) is 53.8 Å². The molecule has 1 aliphatic carbocycles. The van der Waals surface area contributed by atoms with Gasteiger partial charge in [-0.1, -0.05) is 29.4 Å². The van der Waals surface area contributed by atoms with Crippen molar-refractivity contribution in [2.75, 3.05) is 36.5 Å². The Bertz CT molecular complexity index is 1180. The van der Waals surface area contributed by atoms with E-state index in [2.05, 4.69) is 35.3 Å². The Morgan fingerprint density at radius 3 is 2.52 bits per heavy atom. The second-order valence-electron chi connectivity index (χ2n) is 8.82. The topological polar surface area (TPSA) is 76.8 Å². The van der Waals surface area contributed by atoms with E-state index in [-0.39, 0.29) is 11.8 Å².